The van der Waals surface area contributed by atoms with E-state index in [2.05, 4.69) is 35.1 Å². The third-order valence-electron chi connectivity index (χ3n) is 6.69. The number of aromatic amines is 1. The fraction of sp³-hybridized carbons (Fsp3) is 0.417. The number of piperidine rings is 1. The third kappa shape index (κ3) is 3.21. The second-order valence-electron chi connectivity index (χ2n) is 8.95. The van der Waals surface area contributed by atoms with Crippen LogP contribution in [0.5, 0.6) is 0 Å². The van der Waals surface area contributed by atoms with Crippen LogP contribution in [0.2, 0.25) is 0 Å². The Kier molecular flexibility index (Phi) is 4.87. The Morgan fingerprint density at radius 3 is 2.91 bits per heavy atom. The van der Waals surface area contributed by atoms with Gasteiger partial charge in [-0.25, -0.2) is 0 Å². The van der Waals surface area contributed by atoms with E-state index >= 15 is 0 Å². The van der Waals surface area contributed by atoms with Gasteiger partial charge in [0.15, 0.2) is 0 Å². The number of benzene rings is 1. The molecule has 0 saturated carbocycles. The van der Waals surface area contributed by atoms with E-state index in [1.54, 1.807) is 17.6 Å². The van der Waals surface area contributed by atoms with Gasteiger partial charge in [0.1, 0.15) is 5.82 Å². The molecule has 0 radical (unpaired) electrons. The highest BCUT2D eigenvalue weighted by molar-refractivity contribution is 5.97. The molecule has 2 aromatic heterocycles. The van der Waals surface area contributed by atoms with Gasteiger partial charge in [-0.15, -0.1) is 10.2 Å². The maximum absolute atomic E-state index is 13.4. The zero-order valence-electron chi connectivity index (χ0n) is 18.6. The largest absolute Gasteiger partial charge is 0.501 e. The van der Waals surface area contributed by atoms with Crippen molar-refractivity contribution in [1.29, 1.82) is 0 Å². The first-order valence-electron chi connectivity index (χ1n) is 11.1. The maximum atomic E-state index is 13.4. The van der Waals surface area contributed by atoms with Crippen LogP contribution in [0.1, 0.15) is 49.3 Å². The molecule has 1 aliphatic heterocycles. The molecule has 8 nitrogen and oxygen atoms in total. The molecule has 166 valence electrons. The molecule has 1 fully saturated rings. The van der Waals surface area contributed by atoms with Crippen LogP contribution in [0.3, 0.4) is 0 Å². The Balaban J connectivity index is 1.49. The number of hydrogen-bond acceptors (Lipinski definition) is 5. The quantitative estimate of drug-likeness (QED) is 0.682. The second kappa shape index (κ2) is 7.62. The fourth-order valence-electron chi connectivity index (χ4n) is 4.99. The van der Waals surface area contributed by atoms with Crippen LogP contribution in [0, 0.1) is 5.41 Å². The summed E-state index contributed by atoms with van der Waals surface area (Å²) in [5.74, 6) is 1.66. The molecular weight excluding hydrogens is 406 g/mol. The number of methoxy groups -OCH3 is 1. The standard InChI is InChI=1S/C24H27N5O3/c1-4-5-20-26-27-21-22(30)25-18-12-15(6-9-19(18)29(20)21)23(31)28-11-10-16-7-8-17(32-3)13-24(16,2)14-28/h6-9,12H,4-5,10-11,13-14H2,1-3H3,(H,25,30). The van der Waals surface area contributed by atoms with Gasteiger partial charge < -0.3 is 14.6 Å². The van der Waals surface area contributed by atoms with Gasteiger partial charge in [-0.2, -0.15) is 0 Å². The van der Waals surface area contributed by atoms with Crippen molar-refractivity contribution in [3.63, 3.8) is 0 Å². The summed E-state index contributed by atoms with van der Waals surface area (Å²) in [6.45, 7) is 5.57. The zero-order valence-corrected chi connectivity index (χ0v) is 18.6. The molecule has 0 bridgehead atoms. The summed E-state index contributed by atoms with van der Waals surface area (Å²) >= 11 is 0. The van der Waals surface area contributed by atoms with Crippen LogP contribution in [0.25, 0.3) is 16.7 Å². The number of amides is 1. The number of allylic oxidation sites excluding steroid dienone is 3. The van der Waals surface area contributed by atoms with Gasteiger partial charge >= 0.3 is 0 Å². The predicted molar refractivity (Wildman–Crippen MR) is 122 cm³/mol. The second-order valence-corrected chi connectivity index (χ2v) is 8.95. The summed E-state index contributed by atoms with van der Waals surface area (Å²) in [4.78, 5) is 30.8. The molecule has 2 aliphatic rings. The number of carbonyl (C=O) groups excluding carboxylic acids is 1. The Morgan fingerprint density at radius 1 is 1.28 bits per heavy atom. The molecule has 1 N–H and O–H groups in total. The van der Waals surface area contributed by atoms with Crippen molar-refractivity contribution < 1.29 is 9.53 Å². The van der Waals surface area contributed by atoms with Crippen molar-refractivity contribution in [2.45, 2.75) is 39.5 Å². The minimum Gasteiger partial charge on any atom is -0.501 e. The Morgan fingerprint density at radius 2 is 2.12 bits per heavy atom. The monoisotopic (exact) mass is 433 g/mol. The number of fused-ring (bicyclic) bond motifs is 4. The lowest BCUT2D eigenvalue weighted by Crippen LogP contribution is -2.47. The maximum Gasteiger partial charge on any atom is 0.294 e. The molecule has 1 atom stereocenters. The number of carbonyl (C=O) groups is 1. The summed E-state index contributed by atoms with van der Waals surface area (Å²) in [6.07, 6.45) is 7.43. The number of nitrogens with zero attached hydrogens (tertiary/aromatic N) is 4. The molecule has 3 aromatic rings. The normalized spacial score (nSPS) is 20.8. The van der Waals surface area contributed by atoms with E-state index in [4.69, 9.17) is 4.74 Å². The first-order chi connectivity index (χ1) is 15.4. The van der Waals surface area contributed by atoms with Gasteiger partial charge in [-0.1, -0.05) is 25.5 Å². The average molecular weight is 434 g/mol. The Labute approximate surface area is 185 Å². The van der Waals surface area contributed by atoms with Crippen LogP contribution < -0.4 is 5.56 Å². The number of ether oxygens (including phenoxy) is 1. The third-order valence-corrected chi connectivity index (χ3v) is 6.69. The van der Waals surface area contributed by atoms with Crippen molar-refractivity contribution in [1.82, 2.24) is 24.5 Å². The number of aryl methyl sites for hydroxylation is 1. The summed E-state index contributed by atoms with van der Waals surface area (Å²) in [7, 11) is 1.69. The lowest BCUT2D eigenvalue weighted by atomic mass is 9.72. The van der Waals surface area contributed by atoms with Crippen molar-refractivity contribution in [3.8, 4) is 0 Å². The molecule has 1 aromatic carbocycles. The zero-order chi connectivity index (χ0) is 22.5. The summed E-state index contributed by atoms with van der Waals surface area (Å²) in [6, 6.07) is 5.47. The highest BCUT2D eigenvalue weighted by Gasteiger charge is 2.39. The van der Waals surface area contributed by atoms with Crippen molar-refractivity contribution in [2.75, 3.05) is 20.2 Å². The Hall–Kier alpha value is -3.42. The van der Waals surface area contributed by atoms with Crippen molar-refractivity contribution in [2.24, 2.45) is 5.41 Å². The van der Waals surface area contributed by atoms with Crippen LogP contribution in [0.4, 0.5) is 0 Å². The summed E-state index contributed by atoms with van der Waals surface area (Å²) in [5.41, 5.74) is 3.18. The van der Waals surface area contributed by atoms with E-state index < -0.39 is 0 Å². The SMILES string of the molecule is CCCc1nnc2c(=O)[nH]c3cc(C(=O)N4CCC5=CC=C(OC)CC5(C)C4)ccc3n12. The lowest BCUT2D eigenvalue weighted by molar-refractivity contribution is 0.0626. The molecule has 1 amide bonds. The van der Waals surface area contributed by atoms with Crippen LogP contribution in [-0.2, 0) is 11.2 Å². The minimum atomic E-state index is -0.307. The van der Waals surface area contributed by atoms with Crippen LogP contribution in [0.15, 0.2) is 46.5 Å². The van der Waals surface area contributed by atoms with E-state index in [1.807, 2.05) is 23.1 Å². The van der Waals surface area contributed by atoms with Crippen molar-refractivity contribution in [3.05, 3.63) is 63.4 Å². The highest BCUT2D eigenvalue weighted by Crippen LogP contribution is 2.43. The number of H-pyrrole nitrogens is 1. The molecule has 1 aliphatic carbocycles. The molecule has 3 heterocycles. The number of hydrogen-bond donors (Lipinski definition) is 1. The van der Waals surface area contributed by atoms with Gasteiger partial charge in [-0.05, 0) is 37.1 Å². The van der Waals surface area contributed by atoms with E-state index in [9.17, 15) is 9.59 Å². The topological polar surface area (TPSA) is 92.6 Å². The number of rotatable bonds is 4. The van der Waals surface area contributed by atoms with E-state index in [1.165, 1.54) is 5.57 Å². The van der Waals surface area contributed by atoms with Gasteiger partial charge in [0.2, 0.25) is 5.65 Å². The molecule has 8 heteroatoms. The number of likely N-dealkylation sites (tertiary alicyclic amines) is 1. The smallest absolute Gasteiger partial charge is 0.294 e. The first-order valence-corrected chi connectivity index (χ1v) is 11.1. The van der Waals surface area contributed by atoms with E-state index in [0.717, 1.165) is 42.8 Å². The van der Waals surface area contributed by atoms with Gasteiger partial charge in [0.05, 0.1) is 23.9 Å². The minimum absolute atomic E-state index is 0.0285. The van der Waals surface area contributed by atoms with Gasteiger partial charge in [0.25, 0.3) is 11.5 Å². The lowest BCUT2D eigenvalue weighted by Gasteiger charge is -2.44. The average Bonchev–Trinajstić information content (AvgIpc) is 3.22. The summed E-state index contributed by atoms with van der Waals surface area (Å²) < 4.78 is 7.26. The van der Waals surface area contributed by atoms with Crippen LogP contribution >= 0.6 is 0 Å². The number of nitrogens with one attached hydrogen (secondary N) is 1. The van der Waals surface area contributed by atoms with Gasteiger partial charge in [0, 0.05) is 36.9 Å². The molecule has 1 saturated heterocycles. The van der Waals surface area contributed by atoms with Crippen molar-refractivity contribution >= 4 is 22.6 Å². The van der Waals surface area contributed by atoms with Crippen LogP contribution in [-0.4, -0.2) is 50.6 Å². The molecule has 32 heavy (non-hydrogen) atoms. The molecule has 0 spiro atoms. The van der Waals surface area contributed by atoms with E-state index in [-0.39, 0.29) is 22.5 Å². The predicted octanol–water partition coefficient (Wildman–Crippen LogP) is 3.24. The Bertz CT molecular complexity index is 1350. The summed E-state index contributed by atoms with van der Waals surface area (Å²) in [5, 5.41) is 8.23. The van der Waals surface area contributed by atoms with E-state index in [0.29, 0.717) is 24.2 Å². The highest BCUT2D eigenvalue weighted by atomic mass is 16.5. The molecule has 5 rings (SSSR count). The fourth-order valence-corrected chi connectivity index (χ4v) is 4.99. The number of aromatic nitrogens is 4. The first kappa shape index (κ1) is 20.5. The molecular formula is C24H27N5O3. The van der Waals surface area contributed by atoms with Gasteiger partial charge in [-0.3, -0.25) is 14.0 Å². The molecule has 1 unspecified atom stereocenters.